The van der Waals surface area contributed by atoms with E-state index >= 15 is 0 Å². The summed E-state index contributed by atoms with van der Waals surface area (Å²) in [6.45, 7) is 4.89. The fourth-order valence-corrected chi connectivity index (χ4v) is 4.02. The topological polar surface area (TPSA) is 104 Å². The van der Waals surface area contributed by atoms with E-state index in [9.17, 15) is 13.6 Å². The molecule has 3 N–H and O–H groups in total. The van der Waals surface area contributed by atoms with E-state index in [1.54, 1.807) is 44.1 Å². The number of aliphatic imine (C=N–C) groups is 1. The first-order chi connectivity index (χ1) is 17.2. The molecule has 36 heavy (non-hydrogen) atoms. The Kier molecular flexibility index (Phi) is 7.30. The highest BCUT2D eigenvalue weighted by atomic mass is 19.1. The van der Waals surface area contributed by atoms with Crippen molar-refractivity contribution in [2.75, 3.05) is 29.9 Å². The van der Waals surface area contributed by atoms with Crippen LogP contribution in [0.3, 0.4) is 0 Å². The Labute approximate surface area is 208 Å². The molecule has 1 fully saturated rings. The van der Waals surface area contributed by atoms with Gasteiger partial charge in [-0.3, -0.25) is 4.79 Å². The molecule has 1 atom stereocenters. The van der Waals surface area contributed by atoms with E-state index in [0.29, 0.717) is 17.8 Å². The molecular weight excluding hydrogens is 466 g/mol. The number of likely N-dealkylation sites (N-methyl/N-ethyl adjacent to an activating group) is 1. The molecule has 1 aromatic carbocycles. The summed E-state index contributed by atoms with van der Waals surface area (Å²) in [5.41, 5.74) is 6.33. The lowest BCUT2D eigenvalue weighted by Gasteiger charge is -2.26. The molecule has 2 aliphatic heterocycles. The molecule has 11 heteroatoms. The SMILES string of the molecule is CNC(C)(C)C(N)=O.Fc1ccc(F)c([C@H]2CCCN2c2ccn3ncc(N4C=NC=CC4)c3n2)c1. The Morgan fingerprint density at radius 3 is 2.72 bits per heavy atom. The highest BCUT2D eigenvalue weighted by Gasteiger charge is 2.30. The van der Waals surface area contributed by atoms with Crippen molar-refractivity contribution in [1.29, 1.82) is 0 Å². The van der Waals surface area contributed by atoms with Crippen LogP contribution < -0.4 is 20.9 Å². The molecule has 1 amide bonds. The maximum atomic E-state index is 14.4. The Balaban J connectivity index is 0.000000331. The lowest BCUT2D eigenvalue weighted by atomic mass is 10.0. The van der Waals surface area contributed by atoms with Gasteiger partial charge in [-0.2, -0.15) is 5.10 Å². The van der Waals surface area contributed by atoms with E-state index in [1.807, 2.05) is 28.1 Å². The lowest BCUT2D eigenvalue weighted by molar-refractivity contribution is -0.122. The number of fused-ring (bicyclic) bond motifs is 1. The van der Waals surface area contributed by atoms with Crippen molar-refractivity contribution in [3.63, 3.8) is 0 Å². The van der Waals surface area contributed by atoms with Crippen molar-refractivity contribution in [2.24, 2.45) is 10.7 Å². The molecule has 0 aliphatic carbocycles. The van der Waals surface area contributed by atoms with Crippen molar-refractivity contribution in [3.8, 4) is 0 Å². The van der Waals surface area contributed by atoms with Gasteiger partial charge in [0.1, 0.15) is 23.1 Å². The van der Waals surface area contributed by atoms with Gasteiger partial charge in [0, 0.05) is 31.0 Å². The number of nitrogens with two attached hydrogens (primary N) is 1. The highest BCUT2D eigenvalue weighted by molar-refractivity contribution is 5.87. The predicted molar refractivity (Wildman–Crippen MR) is 136 cm³/mol. The zero-order chi connectivity index (χ0) is 25.9. The third-order valence-electron chi connectivity index (χ3n) is 6.45. The van der Waals surface area contributed by atoms with E-state index in [4.69, 9.17) is 10.7 Å². The molecule has 0 unspecified atom stereocenters. The predicted octanol–water partition coefficient (Wildman–Crippen LogP) is 3.18. The Bertz CT molecular complexity index is 1300. The van der Waals surface area contributed by atoms with Gasteiger partial charge in [-0.15, -0.1) is 0 Å². The molecular formula is C25H30F2N8O. The number of nitrogens with zero attached hydrogens (tertiary/aromatic N) is 6. The van der Waals surface area contributed by atoms with Crippen molar-refractivity contribution >= 4 is 29.4 Å². The second-order valence-electron chi connectivity index (χ2n) is 9.14. The number of hydrogen-bond acceptors (Lipinski definition) is 7. The largest absolute Gasteiger partial charge is 0.368 e. The number of carbonyl (C=O) groups excluding carboxylic acids is 1. The van der Waals surface area contributed by atoms with Crippen LogP contribution in [0.25, 0.3) is 5.65 Å². The van der Waals surface area contributed by atoms with Crippen LogP contribution in [0.5, 0.6) is 0 Å². The number of carbonyl (C=O) groups is 1. The minimum absolute atomic E-state index is 0.239. The molecule has 0 saturated carbocycles. The average molecular weight is 497 g/mol. The number of halogens is 2. The molecule has 5 rings (SSSR count). The zero-order valence-electron chi connectivity index (χ0n) is 20.5. The molecule has 4 heterocycles. The van der Waals surface area contributed by atoms with Crippen molar-refractivity contribution in [1.82, 2.24) is 19.9 Å². The molecule has 9 nitrogen and oxygen atoms in total. The van der Waals surface area contributed by atoms with Crippen LogP contribution in [0.15, 0.2) is 53.9 Å². The monoisotopic (exact) mass is 496 g/mol. The molecule has 1 saturated heterocycles. The molecule has 3 aromatic rings. The van der Waals surface area contributed by atoms with Crippen LogP contribution in [0.1, 0.15) is 38.3 Å². The summed E-state index contributed by atoms with van der Waals surface area (Å²) < 4.78 is 29.8. The van der Waals surface area contributed by atoms with Crippen LogP contribution in [0.4, 0.5) is 20.3 Å². The van der Waals surface area contributed by atoms with E-state index < -0.39 is 11.4 Å². The van der Waals surface area contributed by atoms with Crippen molar-refractivity contribution < 1.29 is 13.6 Å². The minimum Gasteiger partial charge on any atom is -0.368 e. The number of benzene rings is 1. The van der Waals surface area contributed by atoms with E-state index in [2.05, 4.69) is 15.4 Å². The molecule has 0 radical (unpaired) electrons. The molecule has 0 spiro atoms. The maximum Gasteiger partial charge on any atom is 0.237 e. The molecule has 2 aromatic heterocycles. The second kappa shape index (κ2) is 10.4. The normalized spacial score (nSPS) is 17.4. The van der Waals surface area contributed by atoms with Crippen LogP contribution in [0, 0.1) is 11.6 Å². The third kappa shape index (κ3) is 5.20. The van der Waals surface area contributed by atoms with E-state index in [-0.39, 0.29) is 17.8 Å². The van der Waals surface area contributed by atoms with Gasteiger partial charge in [0.25, 0.3) is 0 Å². The highest BCUT2D eigenvalue weighted by Crippen LogP contribution is 2.37. The van der Waals surface area contributed by atoms with Gasteiger partial charge in [0.2, 0.25) is 5.91 Å². The van der Waals surface area contributed by atoms with Crippen molar-refractivity contribution in [3.05, 3.63) is 66.1 Å². The summed E-state index contributed by atoms with van der Waals surface area (Å²) in [6.07, 6.45) is 10.7. The number of amides is 1. The van der Waals surface area contributed by atoms with Crippen LogP contribution in [0.2, 0.25) is 0 Å². The lowest BCUT2D eigenvalue weighted by Crippen LogP contribution is -2.48. The first-order valence-corrected chi connectivity index (χ1v) is 11.7. The van der Waals surface area contributed by atoms with E-state index in [1.165, 1.54) is 12.1 Å². The first-order valence-electron chi connectivity index (χ1n) is 11.7. The fraction of sp³-hybridized carbons (Fsp3) is 0.360. The average Bonchev–Trinajstić information content (AvgIpc) is 3.53. The van der Waals surface area contributed by atoms with Crippen LogP contribution in [-0.2, 0) is 4.79 Å². The number of aromatic nitrogens is 3. The molecule has 2 aliphatic rings. The van der Waals surface area contributed by atoms with Gasteiger partial charge in [0.05, 0.1) is 24.1 Å². The maximum absolute atomic E-state index is 14.4. The summed E-state index contributed by atoms with van der Waals surface area (Å²) in [7, 11) is 1.70. The summed E-state index contributed by atoms with van der Waals surface area (Å²) in [6, 6.07) is 5.25. The number of anilines is 2. The summed E-state index contributed by atoms with van der Waals surface area (Å²) in [5, 5.41) is 7.13. The second-order valence-corrected chi connectivity index (χ2v) is 9.14. The van der Waals surface area contributed by atoms with Crippen molar-refractivity contribution in [2.45, 2.75) is 38.3 Å². The van der Waals surface area contributed by atoms with E-state index in [0.717, 1.165) is 37.0 Å². The van der Waals surface area contributed by atoms with Crippen LogP contribution in [-0.4, -0.2) is 52.5 Å². The Morgan fingerprint density at radius 1 is 1.25 bits per heavy atom. The third-order valence-corrected chi connectivity index (χ3v) is 6.45. The van der Waals surface area contributed by atoms with Gasteiger partial charge in [-0.25, -0.2) is 23.3 Å². The number of primary amides is 1. The summed E-state index contributed by atoms with van der Waals surface area (Å²) >= 11 is 0. The zero-order valence-corrected chi connectivity index (χ0v) is 20.5. The van der Waals surface area contributed by atoms with Gasteiger partial charge in [-0.1, -0.05) is 0 Å². The standard InChI is InChI=1S/C20H18F2N6.C5H12N2O/c21-14-4-5-16(22)15(11-14)17-3-1-9-27(17)19-6-10-28-20(25-19)18(12-24-28)26-8-2-7-23-13-26;1-5(2,7-3)4(6)8/h2,4-7,10-13,17H,1,3,8-9H2;7H,1-3H3,(H2,6,8)/t17-;/m1./s1. The van der Waals surface area contributed by atoms with Gasteiger partial charge in [0.15, 0.2) is 5.65 Å². The molecule has 0 bridgehead atoms. The van der Waals surface area contributed by atoms with Gasteiger partial charge in [-0.05, 0) is 64.1 Å². The number of hydrogen-bond donors (Lipinski definition) is 2. The fourth-order valence-electron chi connectivity index (χ4n) is 4.02. The number of rotatable bonds is 5. The van der Waals surface area contributed by atoms with Gasteiger partial charge >= 0.3 is 0 Å². The minimum atomic E-state index is -0.569. The summed E-state index contributed by atoms with van der Waals surface area (Å²) in [5.74, 6) is -0.423. The number of nitrogens with one attached hydrogen (secondary N) is 1. The summed E-state index contributed by atoms with van der Waals surface area (Å²) in [4.78, 5) is 23.4. The quantitative estimate of drug-likeness (QED) is 0.562. The Hall–Kier alpha value is -3.86. The first kappa shape index (κ1) is 25.2. The molecule has 190 valence electrons. The van der Waals surface area contributed by atoms with Crippen LogP contribution >= 0.6 is 0 Å². The van der Waals surface area contributed by atoms with Gasteiger partial charge < -0.3 is 20.9 Å². The Morgan fingerprint density at radius 2 is 2.06 bits per heavy atom. The smallest absolute Gasteiger partial charge is 0.237 e.